The van der Waals surface area contributed by atoms with Gasteiger partial charge in [0.05, 0.1) is 12.2 Å². The zero-order valence-corrected chi connectivity index (χ0v) is 11.6. The van der Waals surface area contributed by atoms with Crippen LogP contribution in [-0.2, 0) is 9.53 Å². The largest absolute Gasteiger partial charge is 0.508 e. The van der Waals surface area contributed by atoms with E-state index in [4.69, 9.17) is 4.74 Å². The Hall–Kier alpha value is -2.24. The molecule has 0 spiro atoms. The van der Waals surface area contributed by atoms with E-state index >= 15 is 0 Å². The third kappa shape index (κ3) is 4.15. The first-order chi connectivity index (χ1) is 9.49. The first-order valence-corrected chi connectivity index (χ1v) is 6.46. The summed E-state index contributed by atoms with van der Waals surface area (Å²) in [5, 5.41) is 19.1. The zero-order chi connectivity index (χ0) is 15.1. The van der Waals surface area contributed by atoms with Crippen LogP contribution in [-0.4, -0.2) is 46.7 Å². The summed E-state index contributed by atoms with van der Waals surface area (Å²) in [6.45, 7) is 3.96. The van der Waals surface area contributed by atoms with Crippen LogP contribution >= 0.6 is 0 Å². The van der Waals surface area contributed by atoms with Gasteiger partial charge in [-0.15, -0.1) is 0 Å². The van der Waals surface area contributed by atoms with Crippen molar-refractivity contribution >= 4 is 11.9 Å². The van der Waals surface area contributed by atoms with E-state index in [9.17, 15) is 19.8 Å². The van der Waals surface area contributed by atoms with Gasteiger partial charge in [0.15, 0.2) is 0 Å². The number of hydrogen-bond donors (Lipinski definition) is 2. The van der Waals surface area contributed by atoms with Crippen molar-refractivity contribution in [3.8, 4) is 11.5 Å². The Balaban J connectivity index is 2.93. The third-order valence-corrected chi connectivity index (χ3v) is 2.62. The quantitative estimate of drug-likeness (QED) is 0.609. The van der Waals surface area contributed by atoms with Gasteiger partial charge in [-0.2, -0.15) is 0 Å². The van der Waals surface area contributed by atoms with Gasteiger partial charge in [0.25, 0.3) is 5.91 Å². The van der Waals surface area contributed by atoms with Crippen LogP contribution < -0.4 is 0 Å². The molecule has 1 rings (SSSR count). The molecule has 0 aliphatic heterocycles. The second kappa shape index (κ2) is 7.37. The number of ether oxygens (including phenoxy) is 1. The minimum Gasteiger partial charge on any atom is -0.508 e. The Kier molecular flexibility index (Phi) is 5.83. The number of esters is 1. The number of benzene rings is 1. The molecular weight excluding hydrogens is 262 g/mol. The molecule has 0 heterocycles. The van der Waals surface area contributed by atoms with Crippen LogP contribution in [0.5, 0.6) is 11.5 Å². The molecule has 0 saturated heterocycles. The highest BCUT2D eigenvalue weighted by Crippen LogP contribution is 2.23. The van der Waals surface area contributed by atoms with Gasteiger partial charge in [-0.3, -0.25) is 9.59 Å². The van der Waals surface area contributed by atoms with Gasteiger partial charge in [0, 0.05) is 6.54 Å². The molecule has 0 unspecified atom stereocenters. The van der Waals surface area contributed by atoms with Gasteiger partial charge in [0.2, 0.25) is 0 Å². The van der Waals surface area contributed by atoms with Gasteiger partial charge in [0.1, 0.15) is 18.0 Å². The van der Waals surface area contributed by atoms with E-state index in [1.807, 2.05) is 6.92 Å². The highest BCUT2D eigenvalue weighted by molar-refractivity contribution is 5.98. The highest BCUT2D eigenvalue weighted by Gasteiger charge is 2.21. The molecule has 0 fully saturated rings. The van der Waals surface area contributed by atoms with E-state index < -0.39 is 11.9 Å². The van der Waals surface area contributed by atoms with E-state index in [-0.39, 0.29) is 30.2 Å². The number of amides is 1. The van der Waals surface area contributed by atoms with E-state index in [0.717, 1.165) is 0 Å². The molecule has 1 aromatic carbocycles. The summed E-state index contributed by atoms with van der Waals surface area (Å²) in [6, 6.07) is 3.68. The van der Waals surface area contributed by atoms with Crippen molar-refractivity contribution < 1.29 is 24.5 Å². The summed E-state index contributed by atoms with van der Waals surface area (Å²) in [5.74, 6) is -1.39. The first kappa shape index (κ1) is 15.8. The highest BCUT2D eigenvalue weighted by atomic mass is 16.5. The average Bonchev–Trinajstić information content (AvgIpc) is 2.40. The molecule has 1 aromatic rings. The van der Waals surface area contributed by atoms with Gasteiger partial charge >= 0.3 is 5.97 Å². The number of aromatic hydroxyl groups is 2. The first-order valence-electron chi connectivity index (χ1n) is 6.46. The lowest BCUT2D eigenvalue weighted by Gasteiger charge is -2.21. The molecule has 0 bridgehead atoms. The van der Waals surface area contributed by atoms with Crippen LogP contribution in [0, 0.1) is 0 Å². The molecule has 1 amide bonds. The van der Waals surface area contributed by atoms with Crippen molar-refractivity contribution in [1.82, 2.24) is 4.90 Å². The van der Waals surface area contributed by atoms with Crippen molar-refractivity contribution in [1.29, 1.82) is 0 Å². The SMILES string of the molecule is CCCN(CC(=O)OCC)C(=O)c1cc(O)ccc1O. The van der Waals surface area contributed by atoms with Crippen molar-refractivity contribution in [2.75, 3.05) is 19.7 Å². The van der Waals surface area contributed by atoms with E-state index in [2.05, 4.69) is 0 Å². The van der Waals surface area contributed by atoms with Crippen molar-refractivity contribution in [2.45, 2.75) is 20.3 Å². The lowest BCUT2D eigenvalue weighted by atomic mass is 10.1. The van der Waals surface area contributed by atoms with Gasteiger partial charge < -0.3 is 19.8 Å². The molecule has 0 aliphatic carbocycles. The van der Waals surface area contributed by atoms with Gasteiger partial charge in [-0.05, 0) is 31.5 Å². The smallest absolute Gasteiger partial charge is 0.325 e. The zero-order valence-electron chi connectivity index (χ0n) is 11.6. The second-order valence-corrected chi connectivity index (χ2v) is 4.23. The molecule has 2 N–H and O–H groups in total. The number of carbonyl (C=O) groups is 2. The number of hydrogen-bond acceptors (Lipinski definition) is 5. The molecule has 6 heteroatoms. The standard InChI is InChI=1S/C14H19NO5/c1-3-7-15(9-13(18)20-4-2)14(19)11-8-10(16)5-6-12(11)17/h5-6,8,16-17H,3-4,7,9H2,1-2H3. The lowest BCUT2D eigenvalue weighted by molar-refractivity contribution is -0.143. The van der Waals surface area contributed by atoms with E-state index in [1.54, 1.807) is 6.92 Å². The average molecular weight is 281 g/mol. The topological polar surface area (TPSA) is 87.1 Å². The molecule has 0 radical (unpaired) electrons. The van der Waals surface area contributed by atoms with Crippen molar-refractivity contribution in [3.63, 3.8) is 0 Å². The fourth-order valence-electron chi connectivity index (χ4n) is 1.75. The van der Waals surface area contributed by atoms with Crippen molar-refractivity contribution in [3.05, 3.63) is 23.8 Å². The number of phenols is 2. The fourth-order valence-corrected chi connectivity index (χ4v) is 1.75. The third-order valence-electron chi connectivity index (χ3n) is 2.62. The lowest BCUT2D eigenvalue weighted by Crippen LogP contribution is -2.37. The number of phenolic OH excluding ortho intramolecular Hbond substituents is 2. The summed E-state index contributed by atoms with van der Waals surface area (Å²) >= 11 is 0. The molecule has 110 valence electrons. The van der Waals surface area contributed by atoms with E-state index in [1.165, 1.54) is 23.1 Å². The summed E-state index contributed by atoms with van der Waals surface area (Å²) in [5.41, 5.74) is -0.0391. The molecule has 20 heavy (non-hydrogen) atoms. The summed E-state index contributed by atoms with van der Waals surface area (Å²) in [6.07, 6.45) is 0.657. The molecule has 6 nitrogen and oxygen atoms in total. The van der Waals surface area contributed by atoms with E-state index in [0.29, 0.717) is 13.0 Å². The van der Waals surface area contributed by atoms with Crippen LogP contribution in [0.4, 0.5) is 0 Å². The van der Waals surface area contributed by atoms with Crippen LogP contribution in [0.3, 0.4) is 0 Å². The summed E-state index contributed by atoms with van der Waals surface area (Å²) in [4.78, 5) is 25.1. The summed E-state index contributed by atoms with van der Waals surface area (Å²) in [7, 11) is 0. The molecule has 0 atom stereocenters. The number of carbonyl (C=O) groups excluding carboxylic acids is 2. The Morgan fingerprint density at radius 2 is 1.95 bits per heavy atom. The summed E-state index contributed by atoms with van der Waals surface area (Å²) < 4.78 is 4.81. The Bertz CT molecular complexity index is 486. The predicted octanol–water partition coefficient (Wildman–Crippen LogP) is 1.51. The Labute approximate surface area is 117 Å². The normalized spacial score (nSPS) is 10.1. The molecular formula is C14H19NO5. The second-order valence-electron chi connectivity index (χ2n) is 4.23. The monoisotopic (exact) mass is 281 g/mol. The number of nitrogens with zero attached hydrogens (tertiary/aromatic N) is 1. The van der Waals surface area contributed by atoms with Crippen LogP contribution in [0.25, 0.3) is 0 Å². The fraction of sp³-hybridized carbons (Fsp3) is 0.429. The Morgan fingerprint density at radius 1 is 1.25 bits per heavy atom. The maximum Gasteiger partial charge on any atom is 0.325 e. The van der Waals surface area contributed by atoms with Gasteiger partial charge in [-0.25, -0.2) is 0 Å². The number of rotatable bonds is 6. The maximum absolute atomic E-state index is 12.3. The van der Waals surface area contributed by atoms with Crippen LogP contribution in [0.2, 0.25) is 0 Å². The predicted molar refractivity (Wildman–Crippen MR) is 72.6 cm³/mol. The minimum atomic E-state index is -0.520. The van der Waals surface area contributed by atoms with Crippen LogP contribution in [0.1, 0.15) is 30.6 Å². The minimum absolute atomic E-state index is 0.0391. The van der Waals surface area contributed by atoms with Gasteiger partial charge in [-0.1, -0.05) is 6.92 Å². The molecule has 0 aromatic heterocycles. The van der Waals surface area contributed by atoms with Crippen LogP contribution in [0.15, 0.2) is 18.2 Å². The van der Waals surface area contributed by atoms with Crippen molar-refractivity contribution in [2.24, 2.45) is 0 Å². The molecule has 0 saturated carbocycles. The Morgan fingerprint density at radius 3 is 2.55 bits per heavy atom. The maximum atomic E-state index is 12.3. The molecule has 0 aliphatic rings.